The Morgan fingerprint density at radius 3 is 2.75 bits per heavy atom. The zero-order valence-electron chi connectivity index (χ0n) is 11.6. The molecule has 6 nitrogen and oxygen atoms in total. The molecule has 3 amide bonds. The fraction of sp³-hybridized carbons (Fsp3) is 0.846. The van der Waals surface area contributed by atoms with Gasteiger partial charge in [0.1, 0.15) is 0 Å². The van der Waals surface area contributed by atoms with Gasteiger partial charge in [-0.05, 0) is 38.1 Å². The van der Waals surface area contributed by atoms with E-state index in [1.54, 1.807) is 0 Å². The molecule has 20 heavy (non-hydrogen) atoms. The van der Waals surface area contributed by atoms with Crippen LogP contribution in [-0.4, -0.2) is 55.1 Å². The minimum Gasteiger partial charge on any atom is -0.335 e. The lowest BCUT2D eigenvalue weighted by Crippen LogP contribution is -2.50. The second-order valence-corrected chi connectivity index (χ2v) is 5.93. The third kappa shape index (κ3) is 4.07. The van der Waals surface area contributed by atoms with Crippen molar-refractivity contribution < 1.29 is 9.59 Å². The SMILES string of the molecule is Cl.O=C(CN1CCC2NCCC2C1)NC(=O)NC1CC1. The van der Waals surface area contributed by atoms with Crippen molar-refractivity contribution in [2.45, 2.75) is 37.8 Å². The van der Waals surface area contributed by atoms with E-state index in [-0.39, 0.29) is 30.4 Å². The summed E-state index contributed by atoms with van der Waals surface area (Å²) in [4.78, 5) is 25.4. The third-order valence-corrected chi connectivity index (χ3v) is 4.27. The maximum absolute atomic E-state index is 11.8. The molecule has 0 aromatic heterocycles. The molecular formula is C13H23ClN4O2. The Hall–Kier alpha value is -0.850. The average Bonchev–Trinajstić information content (AvgIpc) is 3.04. The van der Waals surface area contributed by atoms with Gasteiger partial charge >= 0.3 is 6.03 Å². The van der Waals surface area contributed by atoms with Crippen LogP contribution in [0.25, 0.3) is 0 Å². The van der Waals surface area contributed by atoms with Crippen LogP contribution < -0.4 is 16.0 Å². The molecule has 1 aliphatic carbocycles. The van der Waals surface area contributed by atoms with Crippen molar-refractivity contribution in [2.24, 2.45) is 5.92 Å². The van der Waals surface area contributed by atoms with Crippen LogP contribution in [0.3, 0.4) is 0 Å². The predicted molar refractivity (Wildman–Crippen MR) is 77.9 cm³/mol. The van der Waals surface area contributed by atoms with Gasteiger partial charge in [-0.15, -0.1) is 12.4 Å². The van der Waals surface area contributed by atoms with E-state index in [2.05, 4.69) is 20.9 Å². The van der Waals surface area contributed by atoms with Crippen molar-refractivity contribution in [1.82, 2.24) is 20.9 Å². The summed E-state index contributed by atoms with van der Waals surface area (Å²) in [5, 5.41) is 8.67. The molecule has 3 N–H and O–H groups in total. The second kappa shape index (κ2) is 6.74. The lowest BCUT2D eigenvalue weighted by Gasteiger charge is -2.34. The first-order valence-corrected chi connectivity index (χ1v) is 7.27. The summed E-state index contributed by atoms with van der Waals surface area (Å²) in [6.07, 6.45) is 4.37. The molecule has 2 heterocycles. The highest BCUT2D eigenvalue weighted by Gasteiger charge is 2.33. The first-order valence-electron chi connectivity index (χ1n) is 7.27. The van der Waals surface area contributed by atoms with Gasteiger partial charge in [-0.25, -0.2) is 4.79 Å². The minimum atomic E-state index is -0.343. The fourth-order valence-corrected chi connectivity index (χ4v) is 3.08. The topological polar surface area (TPSA) is 73.5 Å². The maximum Gasteiger partial charge on any atom is 0.321 e. The number of nitrogens with one attached hydrogen (secondary N) is 3. The molecule has 0 radical (unpaired) electrons. The highest BCUT2D eigenvalue weighted by atomic mass is 35.5. The summed E-state index contributed by atoms with van der Waals surface area (Å²) in [5.74, 6) is 0.476. The molecule has 114 valence electrons. The molecule has 0 aromatic rings. The molecule has 2 atom stereocenters. The number of rotatable bonds is 3. The third-order valence-electron chi connectivity index (χ3n) is 4.27. The zero-order chi connectivity index (χ0) is 13.2. The van der Waals surface area contributed by atoms with Gasteiger partial charge in [0.05, 0.1) is 6.54 Å². The smallest absolute Gasteiger partial charge is 0.321 e. The summed E-state index contributed by atoms with van der Waals surface area (Å²) < 4.78 is 0. The fourth-order valence-electron chi connectivity index (χ4n) is 3.08. The van der Waals surface area contributed by atoms with E-state index in [4.69, 9.17) is 0 Å². The van der Waals surface area contributed by atoms with Gasteiger partial charge in [0.25, 0.3) is 0 Å². The Bertz CT molecular complexity index is 375. The first-order chi connectivity index (χ1) is 9.20. The van der Waals surface area contributed by atoms with Crippen LogP contribution in [0.1, 0.15) is 25.7 Å². The monoisotopic (exact) mass is 302 g/mol. The Labute approximate surface area is 125 Å². The number of nitrogens with zero attached hydrogens (tertiary/aromatic N) is 1. The summed E-state index contributed by atoms with van der Waals surface area (Å²) in [5.41, 5.74) is 0. The van der Waals surface area contributed by atoms with Crippen molar-refractivity contribution in [3.63, 3.8) is 0 Å². The van der Waals surface area contributed by atoms with Crippen LogP contribution in [0.15, 0.2) is 0 Å². The number of amides is 3. The summed E-state index contributed by atoms with van der Waals surface area (Å²) in [6, 6.07) is 0.579. The highest BCUT2D eigenvalue weighted by Crippen LogP contribution is 2.24. The van der Waals surface area contributed by atoms with Crippen molar-refractivity contribution in [3.05, 3.63) is 0 Å². The quantitative estimate of drug-likeness (QED) is 0.690. The number of hydrogen-bond donors (Lipinski definition) is 3. The molecule has 0 bridgehead atoms. The Balaban J connectivity index is 0.00000147. The van der Waals surface area contributed by atoms with E-state index in [0.29, 0.717) is 18.5 Å². The molecule has 2 unspecified atom stereocenters. The van der Waals surface area contributed by atoms with Crippen LogP contribution in [0.2, 0.25) is 0 Å². The standard InChI is InChI=1S/C13H22N4O2.ClH/c18-12(16-13(19)15-10-1-2-10)8-17-6-4-11-9(7-17)3-5-14-11;/h9-11,14H,1-8H2,(H2,15,16,18,19);1H. The van der Waals surface area contributed by atoms with Gasteiger partial charge in [0, 0.05) is 25.2 Å². The highest BCUT2D eigenvalue weighted by molar-refractivity contribution is 5.95. The number of halogens is 1. The van der Waals surface area contributed by atoms with Gasteiger partial charge in [0.2, 0.25) is 5.91 Å². The normalized spacial score (nSPS) is 29.2. The Morgan fingerprint density at radius 2 is 2.00 bits per heavy atom. The number of imide groups is 1. The number of hydrogen-bond acceptors (Lipinski definition) is 4. The number of fused-ring (bicyclic) bond motifs is 1. The average molecular weight is 303 g/mol. The lowest BCUT2D eigenvalue weighted by molar-refractivity contribution is -0.121. The lowest BCUT2D eigenvalue weighted by atomic mass is 9.93. The van der Waals surface area contributed by atoms with Crippen LogP contribution in [0, 0.1) is 5.92 Å². The zero-order valence-corrected chi connectivity index (χ0v) is 12.4. The van der Waals surface area contributed by atoms with E-state index >= 15 is 0 Å². The molecule has 0 spiro atoms. The Morgan fingerprint density at radius 1 is 1.20 bits per heavy atom. The molecule has 0 aromatic carbocycles. The number of piperidine rings is 1. The number of carbonyl (C=O) groups is 2. The van der Waals surface area contributed by atoms with Crippen LogP contribution in [-0.2, 0) is 4.79 Å². The van der Waals surface area contributed by atoms with E-state index in [0.717, 1.165) is 38.9 Å². The van der Waals surface area contributed by atoms with Crippen LogP contribution in [0.5, 0.6) is 0 Å². The van der Waals surface area contributed by atoms with Gasteiger partial charge in [-0.3, -0.25) is 15.0 Å². The van der Waals surface area contributed by atoms with Gasteiger partial charge in [-0.2, -0.15) is 0 Å². The largest absolute Gasteiger partial charge is 0.335 e. The van der Waals surface area contributed by atoms with Crippen LogP contribution >= 0.6 is 12.4 Å². The number of urea groups is 1. The van der Waals surface area contributed by atoms with E-state index in [9.17, 15) is 9.59 Å². The molecule has 3 fully saturated rings. The van der Waals surface area contributed by atoms with Crippen molar-refractivity contribution in [3.8, 4) is 0 Å². The number of likely N-dealkylation sites (tertiary alicyclic amines) is 1. The van der Waals surface area contributed by atoms with Gasteiger partial charge < -0.3 is 10.6 Å². The van der Waals surface area contributed by atoms with Crippen molar-refractivity contribution >= 4 is 24.3 Å². The predicted octanol–water partition coefficient (Wildman–Crippen LogP) is 0.0802. The van der Waals surface area contributed by atoms with E-state index in [1.807, 2.05) is 0 Å². The van der Waals surface area contributed by atoms with Crippen LogP contribution in [0.4, 0.5) is 4.79 Å². The molecule has 1 saturated carbocycles. The molecule has 2 aliphatic heterocycles. The van der Waals surface area contributed by atoms with Crippen molar-refractivity contribution in [2.75, 3.05) is 26.2 Å². The first kappa shape index (κ1) is 15.5. The summed E-state index contributed by atoms with van der Waals surface area (Å²) >= 11 is 0. The maximum atomic E-state index is 11.8. The molecule has 3 rings (SSSR count). The molecule has 3 aliphatic rings. The Kier molecular flexibility index (Phi) is 5.23. The molecule has 7 heteroatoms. The molecule has 2 saturated heterocycles. The number of carbonyl (C=O) groups excluding carboxylic acids is 2. The van der Waals surface area contributed by atoms with Gasteiger partial charge in [-0.1, -0.05) is 0 Å². The summed E-state index contributed by atoms with van der Waals surface area (Å²) in [6.45, 7) is 3.33. The minimum absolute atomic E-state index is 0. The van der Waals surface area contributed by atoms with Crippen molar-refractivity contribution in [1.29, 1.82) is 0 Å². The second-order valence-electron chi connectivity index (χ2n) is 5.93. The molecular weight excluding hydrogens is 280 g/mol. The van der Waals surface area contributed by atoms with E-state index in [1.165, 1.54) is 6.42 Å². The van der Waals surface area contributed by atoms with E-state index < -0.39 is 0 Å². The summed E-state index contributed by atoms with van der Waals surface area (Å²) in [7, 11) is 0. The van der Waals surface area contributed by atoms with Gasteiger partial charge in [0.15, 0.2) is 0 Å².